The average Bonchev–Trinajstić information content (AvgIpc) is 2.79. The fourth-order valence-corrected chi connectivity index (χ4v) is 2.82. The van der Waals surface area contributed by atoms with Gasteiger partial charge in [-0.2, -0.15) is 0 Å². The Labute approximate surface area is 189 Å². The van der Waals surface area contributed by atoms with E-state index in [2.05, 4.69) is 21.2 Å². The standard InChI is InChI=1S/C23H21ClN4O4/c1-2-25-23(31)20-14-19(11-12-26-20)32-18-9-3-15(4-10-18)13-21(29)27-28-22(30)16-5-7-17(24)8-6-16/h3-12,14H,2,13H2,1H3,(H,25,31)(H,27,29)(H,28,30). The third-order valence-electron chi connectivity index (χ3n) is 4.25. The van der Waals surface area contributed by atoms with Crippen LogP contribution in [0.1, 0.15) is 33.3 Å². The summed E-state index contributed by atoms with van der Waals surface area (Å²) in [5.74, 6) is -0.0813. The molecule has 0 fully saturated rings. The van der Waals surface area contributed by atoms with E-state index < -0.39 is 5.91 Å². The molecule has 3 amide bonds. The van der Waals surface area contributed by atoms with E-state index >= 15 is 0 Å². The maximum Gasteiger partial charge on any atom is 0.270 e. The van der Waals surface area contributed by atoms with Crippen LogP contribution in [-0.2, 0) is 11.2 Å². The molecule has 8 nitrogen and oxygen atoms in total. The number of rotatable bonds is 7. The van der Waals surface area contributed by atoms with Crippen molar-refractivity contribution in [2.75, 3.05) is 6.54 Å². The minimum atomic E-state index is -0.442. The first-order valence-corrected chi connectivity index (χ1v) is 10.2. The molecular weight excluding hydrogens is 432 g/mol. The molecule has 0 unspecified atom stereocenters. The molecular formula is C23H21ClN4O4. The Morgan fingerprint density at radius 3 is 2.31 bits per heavy atom. The van der Waals surface area contributed by atoms with Gasteiger partial charge < -0.3 is 10.1 Å². The second-order valence-corrected chi connectivity index (χ2v) is 7.10. The largest absolute Gasteiger partial charge is 0.457 e. The summed E-state index contributed by atoms with van der Waals surface area (Å²) in [5, 5.41) is 3.20. The summed E-state index contributed by atoms with van der Waals surface area (Å²) in [5.41, 5.74) is 6.11. The van der Waals surface area contributed by atoms with Gasteiger partial charge in [-0.05, 0) is 55.0 Å². The van der Waals surface area contributed by atoms with E-state index in [9.17, 15) is 14.4 Å². The number of pyridine rings is 1. The lowest BCUT2D eigenvalue weighted by Crippen LogP contribution is -2.42. The first-order valence-electron chi connectivity index (χ1n) is 9.80. The number of benzene rings is 2. The van der Waals surface area contributed by atoms with E-state index in [0.29, 0.717) is 28.6 Å². The fourth-order valence-electron chi connectivity index (χ4n) is 2.69. The van der Waals surface area contributed by atoms with Crippen molar-refractivity contribution in [1.29, 1.82) is 0 Å². The molecule has 1 aromatic heterocycles. The number of hydrogen-bond acceptors (Lipinski definition) is 5. The van der Waals surface area contributed by atoms with Crippen molar-refractivity contribution in [3.05, 3.63) is 88.7 Å². The van der Waals surface area contributed by atoms with Crippen LogP contribution in [0.4, 0.5) is 0 Å². The Morgan fingerprint density at radius 2 is 1.62 bits per heavy atom. The number of halogens is 1. The van der Waals surface area contributed by atoms with Gasteiger partial charge in [0.05, 0.1) is 6.42 Å². The van der Waals surface area contributed by atoms with Crippen LogP contribution in [0, 0.1) is 0 Å². The van der Waals surface area contributed by atoms with E-state index in [0.717, 1.165) is 5.56 Å². The summed E-state index contributed by atoms with van der Waals surface area (Å²) in [4.78, 5) is 40.0. The number of carbonyl (C=O) groups excluding carboxylic acids is 3. The molecule has 3 N–H and O–H groups in total. The summed E-state index contributed by atoms with van der Waals surface area (Å²) in [6.07, 6.45) is 1.56. The number of hydrogen-bond donors (Lipinski definition) is 3. The summed E-state index contributed by atoms with van der Waals surface area (Å²) in [6, 6.07) is 16.4. The lowest BCUT2D eigenvalue weighted by atomic mass is 10.1. The van der Waals surface area contributed by atoms with Crippen LogP contribution in [0.15, 0.2) is 66.9 Å². The van der Waals surface area contributed by atoms with E-state index in [1.165, 1.54) is 6.20 Å². The molecule has 3 rings (SSSR count). The molecule has 1 heterocycles. The molecule has 0 atom stereocenters. The number of nitrogens with one attached hydrogen (secondary N) is 3. The molecule has 0 aliphatic rings. The van der Waals surface area contributed by atoms with Gasteiger partial charge in [-0.1, -0.05) is 23.7 Å². The molecule has 2 aromatic carbocycles. The van der Waals surface area contributed by atoms with Gasteiger partial charge in [-0.15, -0.1) is 0 Å². The normalized spacial score (nSPS) is 10.2. The van der Waals surface area contributed by atoms with Crippen LogP contribution in [-0.4, -0.2) is 29.3 Å². The zero-order valence-corrected chi connectivity index (χ0v) is 18.0. The van der Waals surface area contributed by atoms with Gasteiger partial charge >= 0.3 is 0 Å². The molecule has 164 valence electrons. The van der Waals surface area contributed by atoms with Crippen molar-refractivity contribution < 1.29 is 19.1 Å². The van der Waals surface area contributed by atoms with E-state index in [1.54, 1.807) is 60.7 Å². The lowest BCUT2D eigenvalue weighted by molar-refractivity contribution is -0.121. The first-order chi connectivity index (χ1) is 15.4. The zero-order chi connectivity index (χ0) is 22.9. The minimum absolute atomic E-state index is 0.0672. The number of ether oxygens (including phenoxy) is 1. The van der Waals surface area contributed by atoms with Gasteiger partial charge in [0.25, 0.3) is 11.8 Å². The molecule has 3 aromatic rings. The SMILES string of the molecule is CCNC(=O)c1cc(Oc2ccc(CC(=O)NNC(=O)c3ccc(Cl)cc3)cc2)ccn1. The molecule has 0 aliphatic heterocycles. The maximum atomic E-state index is 12.1. The smallest absolute Gasteiger partial charge is 0.270 e. The number of aromatic nitrogens is 1. The molecule has 0 radical (unpaired) electrons. The second-order valence-electron chi connectivity index (χ2n) is 6.67. The lowest BCUT2D eigenvalue weighted by Gasteiger charge is -2.09. The van der Waals surface area contributed by atoms with Gasteiger partial charge in [-0.3, -0.25) is 30.2 Å². The van der Waals surface area contributed by atoms with Crippen molar-refractivity contribution in [2.24, 2.45) is 0 Å². The van der Waals surface area contributed by atoms with Gasteiger partial charge in [0.2, 0.25) is 5.91 Å². The Balaban J connectivity index is 1.51. The highest BCUT2D eigenvalue weighted by Gasteiger charge is 2.10. The predicted octanol–water partition coefficient (Wildman–Crippen LogP) is 3.28. The van der Waals surface area contributed by atoms with Crippen molar-refractivity contribution in [2.45, 2.75) is 13.3 Å². The van der Waals surface area contributed by atoms with E-state index in [1.807, 2.05) is 6.92 Å². The Hall–Kier alpha value is -3.91. The predicted molar refractivity (Wildman–Crippen MR) is 120 cm³/mol. The van der Waals surface area contributed by atoms with Crippen LogP contribution in [0.3, 0.4) is 0 Å². The third kappa shape index (κ3) is 6.55. The molecule has 0 saturated heterocycles. The second kappa shape index (κ2) is 10.9. The van der Waals surface area contributed by atoms with Gasteiger partial charge in [0, 0.05) is 29.4 Å². The molecule has 9 heteroatoms. The van der Waals surface area contributed by atoms with Crippen LogP contribution in [0.5, 0.6) is 11.5 Å². The van der Waals surface area contributed by atoms with Gasteiger partial charge in [0.1, 0.15) is 17.2 Å². The fraction of sp³-hybridized carbons (Fsp3) is 0.130. The summed E-state index contributed by atoms with van der Waals surface area (Å²) >= 11 is 5.79. The third-order valence-corrected chi connectivity index (χ3v) is 4.50. The molecule has 0 aliphatic carbocycles. The quantitative estimate of drug-likeness (QED) is 0.476. The van der Waals surface area contributed by atoms with Crippen LogP contribution < -0.4 is 20.9 Å². The molecule has 0 spiro atoms. The average molecular weight is 453 g/mol. The first kappa shape index (κ1) is 22.8. The van der Waals surface area contributed by atoms with Crippen molar-refractivity contribution >= 4 is 29.3 Å². The Kier molecular flexibility index (Phi) is 7.77. The molecule has 0 bridgehead atoms. The van der Waals surface area contributed by atoms with Crippen LogP contribution >= 0.6 is 11.6 Å². The summed E-state index contributed by atoms with van der Waals surface area (Å²) in [6.45, 7) is 2.33. The van der Waals surface area contributed by atoms with Crippen LogP contribution in [0.2, 0.25) is 5.02 Å². The Morgan fingerprint density at radius 1 is 0.906 bits per heavy atom. The van der Waals surface area contributed by atoms with Crippen molar-refractivity contribution in [3.63, 3.8) is 0 Å². The summed E-state index contributed by atoms with van der Waals surface area (Å²) < 4.78 is 5.76. The van der Waals surface area contributed by atoms with E-state index in [4.69, 9.17) is 16.3 Å². The summed E-state index contributed by atoms with van der Waals surface area (Å²) in [7, 11) is 0. The minimum Gasteiger partial charge on any atom is -0.457 e. The number of carbonyl (C=O) groups is 3. The highest BCUT2D eigenvalue weighted by Crippen LogP contribution is 2.22. The highest BCUT2D eigenvalue weighted by molar-refractivity contribution is 6.30. The number of hydrazine groups is 1. The zero-order valence-electron chi connectivity index (χ0n) is 17.2. The van der Waals surface area contributed by atoms with Crippen molar-refractivity contribution in [1.82, 2.24) is 21.2 Å². The van der Waals surface area contributed by atoms with Gasteiger partial charge in [0.15, 0.2) is 0 Å². The molecule has 0 saturated carbocycles. The highest BCUT2D eigenvalue weighted by atomic mass is 35.5. The monoisotopic (exact) mass is 452 g/mol. The maximum absolute atomic E-state index is 12.1. The van der Waals surface area contributed by atoms with Crippen molar-refractivity contribution in [3.8, 4) is 11.5 Å². The van der Waals surface area contributed by atoms with E-state index in [-0.39, 0.29) is 23.9 Å². The Bertz CT molecular complexity index is 1100. The van der Waals surface area contributed by atoms with Crippen LogP contribution in [0.25, 0.3) is 0 Å². The number of nitrogens with zero attached hydrogens (tertiary/aromatic N) is 1. The topological polar surface area (TPSA) is 109 Å². The van der Waals surface area contributed by atoms with Gasteiger partial charge in [-0.25, -0.2) is 0 Å². The number of amides is 3. The molecule has 32 heavy (non-hydrogen) atoms.